The summed E-state index contributed by atoms with van der Waals surface area (Å²) in [5.41, 5.74) is 0.939. The Morgan fingerprint density at radius 1 is 0.765 bits per heavy atom. The van der Waals surface area contributed by atoms with Crippen molar-refractivity contribution in [1.82, 2.24) is 9.97 Å². The molecule has 0 saturated carbocycles. The minimum Gasteiger partial charge on any atom is -0.459 e. The molecule has 34 heavy (non-hydrogen) atoms. The average molecular weight is 469 g/mol. The third-order valence-electron chi connectivity index (χ3n) is 5.90. The first-order valence-electron chi connectivity index (χ1n) is 12.2. The number of carbonyl (C=O) groups excluding carboxylic acids is 2. The van der Waals surface area contributed by atoms with Crippen LogP contribution in [0.15, 0.2) is 36.7 Å². The lowest BCUT2D eigenvalue weighted by Crippen LogP contribution is -2.47. The smallest absolute Gasteiger partial charge is 0.339 e. The van der Waals surface area contributed by atoms with Gasteiger partial charge in [-0.05, 0) is 51.0 Å². The number of aromatic nitrogens is 2. The minimum atomic E-state index is -0.331. The number of hydrogen-bond donors (Lipinski definition) is 0. The van der Waals surface area contributed by atoms with Gasteiger partial charge >= 0.3 is 11.9 Å². The fourth-order valence-electron chi connectivity index (χ4n) is 3.98. The van der Waals surface area contributed by atoms with Crippen LogP contribution in [0.25, 0.3) is 0 Å². The summed E-state index contributed by atoms with van der Waals surface area (Å²) in [4.78, 5) is 37.8. The molecule has 1 aliphatic heterocycles. The van der Waals surface area contributed by atoms with Gasteiger partial charge in [0.05, 0.1) is 23.3 Å². The molecule has 0 spiro atoms. The number of hydrogen-bond acceptors (Lipinski definition) is 8. The van der Waals surface area contributed by atoms with Crippen molar-refractivity contribution in [2.45, 2.75) is 65.6 Å². The van der Waals surface area contributed by atoms with Crippen molar-refractivity contribution in [3.8, 4) is 0 Å². The van der Waals surface area contributed by atoms with Crippen LogP contribution in [0.3, 0.4) is 0 Å². The van der Waals surface area contributed by atoms with Crippen molar-refractivity contribution < 1.29 is 19.1 Å². The van der Waals surface area contributed by atoms with E-state index in [0.717, 1.165) is 63.5 Å². The predicted octanol–water partition coefficient (Wildman–Crippen LogP) is 4.49. The van der Waals surface area contributed by atoms with Crippen molar-refractivity contribution in [2.24, 2.45) is 0 Å². The first-order valence-corrected chi connectivity index (χ1v) is 12.2. The fourth-order valence-corrected chi connectivity index (χ4v) is 3.98. The second-order valence-electron chi connectivity index (χ2n) is 8.79. The van der Waals surface area contributed by atoms with Gasteiger partial charge in [-0.2, -0.15) is 0 Å². The summed E-state index contributed by atoms with van der Waals surface area (Å²) >= 11 is 0. The quantitative estimate of drug-likeness (QED) is 0.472. The first-order chi connectivity index (χ1) is 16.4. The lowest BCUT2D eigenvalue weighted by molar-refractivity contribution is 0.0312. The average Bonchev–Trinajstić information content (AvgIpc) is 2.84. The molecule has 1 aliphatic rings. The first kappa shape index (κ1) is 25.5. The Balaban J connectivity index is 1.51. The van der Waals surface area contributed by atoms with Gasteiger partial charge in [0, 0.05) is 38.6 Å². The molecule has 8 nitrogen and oxygen atoms in total. The van der Waals surface area contributed by atoms with E-state index in [1.807, 2.05) is 26.0 Å². The summed E-state index contributed by atoms with van der Waals surface area (Å²) in [5.74, 6) is 1.02. The molecule has 184 valence electrons. The van der Waals surface area contributed by atoms with Crippen LogP contribution >= 0.6 is 0 Å². The van der Waals surface area contributed by atoms with E-state index in [9.17, 15) is 9.59 Å². The fraction of sp³-hybridized carbons (Fsp3) is 0.538. The van der Waals surface area contributed by atoms with Gasteiger partial charge in [0.2, 0.25) is 0 Å². The van der Waals surface area contributed by atoms with E-state index in [2.05, 4.69) is 33.6 Å². The Hall–Kier alpha value is -3.16. The molecule has 0 amide bonds. The van der Waals surface area contributed by atoms with Crippen molar-refractivity contribution in [3.63, 3.8) is 0 Å². The Morgan fingerprint density at radius 3 is 1.44 bits per heavy atom. The molecule has 0 bridgehead atoms. The molecular formula is C26H36N4O4. The Bertz CT molecular complexity index is 847. The molecule has 1 saturated heterocycles. The van der Waals surface area contributed by atoms with Crippen LogP contribution in [0, 0.1) is 0 Å². The maximum Gasteiger partial charge on any atom is 0.339 e. The maximum atomic E-state index is 12.2. The molecule has 2 atom stereocenters. The number of carbonyl (C=O) groups is 2. The van der Waals surface area contributed by atoms with Crippen LogP contribution in [-0.2, 0) is 9.47 Å². The maximum absolute atomic E-state index is 12.2. The number of ether oxygens (including phenoxy) is 2. The number of piperazine rings is 1. The van der Waals surface area contributed by atoms with Crippen molar-refractivity contribution in [3.05, 3.63) is 47.8 Å². The van der Waals surface area contributed by atoms with Gasteiger partial charge in [-0.15, -0.1) is 0 Å². The Kier molecular flexibility index (Phi) is 9.24. The predicted molar refractivity (Wildman–Crippen MR) is 132 cm³/mol. The molecule has 2 aromatic rings. The number of anilines is 2. The third kappa shape index (κ3) is 6.92. The number of pyridine rings is 2. The van der Waals surface area contributed by atoms with Gasteiger partial charge < -0.3 is 19.3 Å². The van der Waals surface area contributed by atoms with E-state index >= 15 is 0 Å². The summed E-state index contributed by atoms with van der Waals surface area (Å²) in [6.45, 7) is 11.1. The normalized spacial score (nSPS) is 15.5. The highest BCUT2D eigenvalue weighted by Gasteiger charge is 2.21. The van der Waals surface area contributed by atoms with Crippen LogP contribution in [-0.4, -0.2) is 60.3 Å². The van der Waals surface area contributed by atoms with E-state index in [1.54, 1.807) is 24.5 Å². The molecular weight excluding hydrogens is 432 g/mol. The number of rotatable bonds is 10. The number of nitrogens with zero attached hydrogens (tertiary/aromatic N) is 4. The highest BCUT2D eigenvalue weighted by Crippen LogP contribution is 2.19. The molecule has 0 unspecified atom stereocenters. The van der Waals surface area contributed by atoms with E-state index in [0.29, 0.717) is 11.1 Å². The summed E-state index contributed by atoms with van der Waals surface area (Å²) < 4.78 is 10.9. The van der Waals surface area contributed by atoms with Gasteiger partial charge in [0.25, 0.3) is 0 Å². The number of esters is 2. The zero-order chi connectivity index (χ0) is 24.5. The van der Waals surface area contributed by atoms with E-state index in [4.69, 9.17) is 9.47 Å². The minimum absolute atomic E-state index is 0.0943. The SMILES string of the molecule is CCC[C@@H](C)OC(=O)c1ccc(N2CCN(c3ccc(C(=O)O[C@H](C)CCC)cn3)CC2)nc1. The van der Waals surface area contributed by atoms with Crippen LogP contribution < -0.4 is 9.80 Å². The monoisotopic (exact) mass is 468 g/mol. The van der Waals surface area contributed by atoms with E-state index in [-0.39, 0.29) is 24.1 Å². The summed E-state index contributed by atoms with van der Waals surface area (Å²) in [6, 6.07) is 7.29. The van der Waals surface area contributed by atoms with Crippen LogP contribution in [0.4, 0.5) is 11.6 Å². The zero-order valence-corrected chi connectivity index (χ0v) is 20.7. The lowest BCUT2D eigenvalue weighted by atomic mass is 10.2. The summed E-state index contributed by atoms with van der Waals surface area (Å²) in [5, 5.41) is 0. The summed E-state index contributed by atoms with van der Waals surface area (Å²) in [7, 11) is 0. The topological polar surface area (TPSA) is 84.9 Å². The standard InChI is InChI=1S/C26H36N4O4/c1-5-7-19(3)33-25(31)21-9-11-23(27-17-21)29-13-15-30(16-14-29)24-12-10-22(18-28-24)26(32)34-20(4)8-6-2/h9-12,17-20H,5-8,13-16H2,1-4H3/t19-,20-/m1/s1. The molecule has 3 rings (SSSR count). The Morgan fingerprint density at radius 2 is 1.15 bits per heavy atom. The van der Waals surface area contributed by atoms with Crippen molar-refractivity contribution in [2.75, 3.05) is 36.0 Å². The van der Waals surface area contributed by atoms with Crippen LogP contribution in [0.1, 0.15) is 74.1 Å². The van der Waals surface area contributed by atoms with Gasteiger partial charge in [-0.3, -0.25) is 0 Å². The highest BCUT2D eigenvalue weighted by molar-refractivity contribution is 5.89. The zero-order valence-electron chi connectivity index (χ0n) is 20.7. The Labute approximate surface area is 202 Å². The second-order valence-corrected chi connectivity index (χ2v) is 8.79. The van der Waals surface area contributed by atoms with Crippen molar-refractivity contribution >= 4 is 23.6 Å². The van der Waals surface area contributed by atoms with Crippen LogP contribution in [0.2, 0.25) is 0 Å². The highest BCUT2D eigenvalue weighted by atomic mass is 16.5. The second kappa shape index (κ2) is 12.3. The molecule has 1 fully saturated rings. The molecule has 2 aromatic heterocycles. The van der Waals surface area contributed by atoms with E-state index in [1.165, 1.54) is 0 Å². The molecule has 0 radical (unpaired) electrons. The van der Waals surface area contributed by atoms with Gasteiger partial charge in [0.15, 0.2) is 0 Å². The van der Waals surface area contributed by atoms with Gasteiger partial charge in [0.1, 0.15) is 11.6 Å². The molecule has 0 N–H and O–H groups in total. The van der Waals surface area contributed by atoms with Crippen molar-refractivity contribution in [1.29, 1.82) is 0 Å². The molecule has 0 aromatic carbocycles. The van der Waals surface area contributed by atoms with E-state index < -0.39 is 0 Å². The molecule has 0 aliphatic carbocycles. The van der Waals surface area contributed by atoms with Gasteiger partial charge in [-0.1, -0.05) is 26.7 Å². The molecule has 8 heteroatoms. The van der Waals surface area contributed by atoms with Gasteiger partial charge in [-0.25, -0.2) is 19.6 Å². The molecule has 3 heterocycles. The summed E-state index contributed by atoms with van der Waals surface area (Å²) in [6.07, 6.45) is 6.63. The largest absolute Gasteiger partial charge is 0.459 e. The third-order valence-corrected chi connectivity index (χ3v) is 5.90. The van der Waals surface area contributed by atoms with Crippen LogP contribution in [0.5, 0.6) is 0 Å². The lowest BCUT2D eigenvalue weighted by Gasteiger charge is -2.36.